The van der Waals surface area contributed by atoms with Gasteiger partial charge in [-0.1, -0.05) is 121 Å². The summed E-state index contributed by atoms with van der Waals surface area (Å²) in [7, 11) is 0. The average Bonchev–Trinajstić information content (AvgIpc) is 3.66. The van der Waals surface area contributed by atoms with Crippen molar-refractivity contribution in [3.8, 4) is 68.3 Å². The fourth-order valence-corrected chi connectivity index (χ4v) is 6.76. The van der Waals surface area contributed by atoms with Crippen LogP contribution in [0.15, 0.2) is 151 Å². The topological polar surface area (TPSA) is 77.3 Å². The van der Waals surface area contributed by atoms with E-state index in [4.69, 9.17) is 28.7 Å². The van der Waals surface area contributed by atoms with Gasteiger partial charge in [0.25, 0.3) is 0 Å². The molecule has 50 heavy (non-hydrogen) atoms. The van der Waals surface area contributed by atoms with Crippen LogP contribution in [0, 0.1) is 5.82 Å². The molecule has 0 N–H and O–H groups in total. The largest absolute Gasteiger partial charge is 0.208 e. The van der Waals surface area contributed by atoms with E-state index >= 15 is 4.39 Å². The van der Waals surface area contributed by atoms with Gasteiger partial charge < -0.3 is 0 Å². The molecule has 0 aliphatic carbocycles. The number of rotatable bonds is 6. The maximum Gasteiger partial charge on any atom is 0.167 e. The molecule has 9 rings (SSSR count). The number of benzene rings is 6. The van der Waals surface area contributed by atoms with E-state index in [1.807, 2.05) is 72.8 Å². The van der Waals surface area contributed by atoms with Gasteiger partial charge in [-0.15, -0.1) is 11.3 Å². The van der Waals surface area contributed by atoms with Crippen LogP contribution in [-0.4, -0.2) is 29.9 Å². The summed E-state index contributed by atoms with van der Waals surface area (Å²) in [4.78, 5) is 27.7. The minimum absolute atomic E-state index is 0.0398. The third-order valence-corrected chi connectivity index (χ3v) is 9.08. The first-order valence-corrected chi connectivity index (χ1v) is 16.1. The molecule has 3 heterocycles. The Morgan fingerprint density at radius 2 is 0.980 bits per heavy atom. The second-order valence-electron chi connectivity index (χ2n) is 11.0. The molecule has 0 aliphatic rings. The Hall–Kier alpha value is -6.51. The van der Waals surface area contributed by atoms with Gasteiger partial charge in [0.2, 0.25) is 0 Å². The predicted molar refractivity (Wildman–Crippen MR) is 199 cm³/mol. The summed E-state index contributed by atoms with van der Waals surface area (Å²) in [5, 5.41) is 2.07. The number of thiophene rings is 1. The minimum atomic E-state index is -0.722. The van der Waals surface area contributed by atoms with Crippen molar-refractivity contribution in [3.63, 3.8) is 0 Å². The van der Waals surface area contributed by atoms with Gasteiger partial charge in [-0.3, -0.25) is 0 Å². The van der Waals surface area contributed by atoms with Gasteiger partial charge in [-0.05, 0) is 30.3 Å². The molecule has 0 saturated heterocycles. The SMILES string of the molecule is [2H]c1c([2H])c([2H])c(-c2nc(-c3ccc(F)c(-c4nc(-c5ccccc5)nc(-c5cccc6c5sc5ccccc56)n4)c3)nc(-c3c([2H])c([2H])c([2H])c([2H])c3[2H])n2)c([2H])c1[2H]. The van der Waals surface area contributed by atoms with E-state index in [0.717, 1.165) is 26.2 Å². The fraction of sp³-hybridized carbons (Fsp3) is 0. The number of hydrogen-bond donors (Lipinski definition) is 0. The Morgan fingerprint density at radius 3 is 1.68 bits per heavy atom. The van der Waals surface area contributed by atoms with Gasteiger partial charge in [0.05, 0.1) is 19.3 Å². The van der Waals surface area contributed by atoms with Crippen molar-refractivity contribution in [1.82, 2.24) is 29.9 Å². The zero-order chi connectivity index (χ0) is 42.1. The highest BCUT2D eigenvalue weighted by Crippen LogP contribution is 2.40. The zero-order valence-electron chi connectivity index (χ0n) is 35.6. The summed E-state index contributed by atoms with van der Waals surface area (Å²) in [5.74, 6) is -1.34. The summed E-state index contributed by atoms with van der Waals surface area (Å²) in [6.07, 6.45) is 0. The molecule has 0 aliphatic heterocycles. The van der Waals surface area contributed by atoms with Crippen LogP contribution in [-0.2, 0) is 0 Å². The van der Waals surface area contributed by atoms with Crippen LogP contribution in [0.1, 0.15) is 13.7 Å². The van der Waals surface area contributed by atoms with Gasteiger partial charge in [-0.25, -0.2) is 34.3 Å². The predicted octanol–water partition coefficient (Wildman–Crippen LogP) is 10.6. The van der Waals surface area contributed by atoms with E-state index < -0.39 is 89.0 Å². The molecule has 0 unspecified atom stereocenters. The molecule has 0 radical (unpaired) electrons. The maximum absolute atomic E-state index is 16.2. The lowest BCUT2D eigenvalue weighted by Gasteiger charge is -2.11. The molecule has 3 aromatic heterocycles. The smallest absolute Gasteiger partial charge is 0.167 e. The Kier molecular flexibility index (Phi) is 5.19. The molecule has 6 aromatic carbocycles. The highest BCUT2D eigenvalue weighted by molar-refractivity contribution is 7.26. The molecule has 0 fully saturated rings. The molecule has 0 amide bonds. The Balaban J connectivity index is 1.29. The van der Waals surface area contributed by atoms with E-state index in [0.29, 0.717) is 11.1 Å². The van der Waals surface area contributed by atoms with Crippen LogP contribution >= 0.6 is 11.3 Å². The van der Waals surface area contributed by atoms with Gasteiger partial charge in [-0.2, -0.15) is 0 Å². The van der Waals surface area contributed by atoms with Gasteiger partial charge in [0, 0.05) is 48.0 Å². The third-order valence-electron chi connectivity index (χ3n) is 7.86. The van der Waals surface area contributed by atoms with Crippen LogP contribution in [0.4, 0.5) is 4.39 Å². The molecule has 236 valence electrons. The maximum atomic E-state index is 16.2. The van der Waals surface area contributed by atoms with E-state index in [2.05, 4.69) is 15.0 Å². The number of hydrogen-bond acceptors (Lipinski definition) is 7. The van der Waals surface area contributed by atoms with Crippen molar-refractivity contribution >= 4 is 31.5 Å². The highest BCUT2D eigenvalue weighted by Gasteiger charge is 2.20. The lowest BCUT2D eigenvalue weighted by molar-refractivity contribution is 0.630. The van der Waals surface area contributed by atoms with Crippen molar-refractivity contribution < 1.29 is 18.1 Å². The number of aromatic nitrogens is 6. The van der Waals surface area contributed by atoms with Gasteiger partial charge in [0.15, 0.2) is 34.9 Å². The monoisotopic (exact) mass is 674 g/mol. The second kappa shape index (κ2) is 12.5. The Labute approximate surface area is 304 Å². The summed E-state index contributed by atoms with van der Waals surface area (Å²) >= 11 is 1.58. The molecule has 9 aromatic rings. The Bertz CT molecular complexity index is 3110. The van der Waals surface area contributed by atoms with E-state index in [9.17, 15) is 0 Å². The molecular weight excluding hydrogens is 640 g/mol. The van der Waals surface area contributed by atoms with Crippen molar-refractivity contribution in [2.45, 2.75) is 0 Å². The second-order valence-corrected chi connectivity index (χ2v) is 12.0. The van der Waals surface area contributed by atoms with Crippen LogP contribution in [0.2, 0.25) is 0 Å². The van der Waals surface area contributed by atoms with Crippen LogP contribution in [0.25, 0.3) is 88.5 Å². The summed E-state index contributed by atoms with van der Waals surface area (Å²) < 4.78 is 102. The Morgan fingerprint density at radius 1 is 0.440 bits per heavy atom. The quantitative estimate of drug-likeness (QED) is 0.175. The average molecular weight is 675 g/mol. The van der Waals surface area contributed by atoms with E-state index in [-0.39, 0.29) is 34.4 Å². The number of fused-ring (bicyclic) bond motifs is 3. The van der Waals surface area contributed by atoms with Gasteiger partial charge >= 0.3 is 0 Å². The molecule has 0 saturated carbocycles. The zero-order valence-corrected chi connectivity index (χ0v) is 26.4. The van der Waals surface area contributed by atoms with Crippen molar-refractivity contribution in [3.05, 3.63) is 157 Å². The summed E-state index contributed by atoms with van der Waals surface area (Å²) in [6.45, 7) is 0. The first kappa shape index (κ1) is 20.8. The first-order valence-electron chi connectivity index (χ1n) is 20.3. The third kappa shape index (κ3) is 5.47. The molecule has 8 heteroatoms. The minimum Gasteiger partial charge on any atom is -0.208 e. The van der Waals surface area contributed by atoms with Gasteiger partial charge in [0.1, 0.15) is 5.82 Å². The highest BCUT2D eigenvalue weighted by atomic mass is 32.1. The first-order chi connectivity index (χ1) is 28.8. The van der Waals surface area contributed by atoms with Crippen molar-refractivity contribution in [2.24, 2.45) is 0 Å². The lowest BCUT2D eigenvalue weighted by Crippen LogP contribution is -2.03. The van der Waals surface area contributed by atoms with Crippen molar-refractivity contribution in [2.75, 3.05) is 0 Å². The van der Waals surface area contributed by atoms with Crippen LogP contribution in [0.5, 0.6) is 0 Å². The summed E-state index contributed by atoms with van der Waals surface area (Å²) in [5.41, 5.74) is 0.523. The van der Waals surface area contributed by atoms with E-state index in [1.54, 1.807) is 11.3 Å². The number of halogens is 1. The molecule has 0 spiro atoms. The van der Waals surface area contributed by atoms with Crippen molar-refractivity contribution in [1.29, 1.82) is 0 Å². The fourth-order valence-electron chi connectivity index (χ4n) is 5.54. The molecular formula is C42H25FN6S. The molecule has 0 atom stereocenters. The summed E-state index contributed by atoms with van der Waals surface area (Å²) in [6, 6.07) is 20.2. The standard InChI is InChI=1S/C42H25FN6S/c43-34-24-23-29(40-45-37(26-13-4-1-5-14-26)44-38(46-40)27-15-6-2-7-16-27)25-33(34)42-48-39(28-17-8-3-9-18-28)47-41(49-42)32-21-12-20-31-30-19-10-11-22-35(30)50-36(31)32/h1-25H/i1D,2D,4D,5D,6D,7D,13D,14D,15D,16D. The van der Waals surface area contributed by atoms with Crippen LogP contribution < -0.4 is 0 Å². The van der Waals surface area contributed by atoms with Crippen LogP contribution in [0.3, 0.4) is 0 Å². The molecule has 6 nitrogen and oxygen atoms in total. The number of nitrogens with zero attached hydrogens (tertiary/aromatic N) is 6. The van der Waals surface area contributed by atoms with E-state index in [1.165, 1.54) is 12.1 Å². The molecule has 0 bridgehead atoms. The lowest BCUT2D eigenvalue weighted by atomic mass is 10.1. The normalized spacial score (nSPS) is 14.1.